The van der Waals surface area contributed by atoms with Gasteiger partial charge in [-0.2, -0.15) is 0 Å². The highest BCUT2D eigenvalue weighted by atomic mass is 15.2. The molecule has 1 aliphatic heterocycles. The smallest absolute Gasteiger partial charge is 0.134 e. The number of anilines is 2. The van der Waals surface area contributed by atoms with Crippen LogP contribution in [0.25, 0.3) is 0 Å². The molecule has 2 N–H and O–H groups in total. The van der Waals surface area contributed by atoms with Gasteiger partial charge in [-0.25, -0.2) is 9.97 Å². The number of nitrogens with one attached hydrogen (secondary N) is 2. The number of aromatic nitrogens is 2. The van der Waals surface area contributed by atoms with Crippen LogP contribution < -0.4 is 15.5 Å². The van der Waals surface area contributed by atoms with Crippen molar-refractivity contribution in [3.8, 4) is 0 Å². The minimum Gasteiger partial charge on any atom is -0.366 e. The second-order valence-electron chi connectivity index (χ2n) is 4.23. The Hall–Kier alpha value is -1.62. The average molecular weight is 233 g/mol. The fourth-order valence-corrected chi connectivity index (χ4v) is 1.93. The van der Waals surface area contributed by atoms with Crippen LogP contribution in [0.15, 0.2) is 25.0 Å². The van der Waals surface area contributed by atoms with E-state index in [9.17, 15) is 0 Å². The third-order valence-corrected chi connectivity index (χ3v) is 2.77. The SMILES string of the molecule is C=CCNc1cc(N2CCNC(C)C2)ncn1. The zero-order valence-corrected chi connectivity index (χ0v) is 10.2. The minimum absolute atomic E-state index is 0.503. The van der Waals surface area contributed by atoms with Gasteiger partial charge in [0.25, 0.3) is 0 Å². The Morgan fingerprint density at radius 2 is 2.53 bits per heavy atom. The standard InChI is InChI=1S/C12H19N5/c1-3-4-14-11-7-12(16-9-15-11)17-6-5-13-10(2)8-17/h3,7,9-10,13H,1,4-6,8H2,2H3,(H,14,15,16). The lowest BCUT2D eigenvalue weighted by molar-refractivity contribution is 0.482. The maximum absolute atomic E-state index is 4.33. The van der Waals surface area contributed by atoms with Crippen molar-refractivity contribution in [1.29, 1.82) is 0 Å². The van der Waals surface area contributed by atoms with Gasteiger partial charge in [0.15, 0.2) is 0 Å². The van der Waals surface area contributed by atoms with Gasteiger partial charge in [0.2, 0.25) is 0 Å². The van der Waals surface area contributed by atoms with E-state index < -0.39 is 0 Å². The van der Waals surface area contributed by atoms with Crippen LogP contribution in [-0.4, -0.2) is 42.2 Å². The zero-order valence-electron chi connectivity index (χ0n) is 10.2. The molecule has 1 saturated heterocycles. The van der Waals surface area contributed by atoms with Crippen molar-refractivity contribution in [2.75, 3.05) is 36.4 Å². The lowest BCUT2D eigenvalue weighted by atomic mass is 10.2. The van der Waals surface area contributed by atoms with Gasteiger partial charge in [-0.15, -0.1) is 6.58 Å². The molecule has 0 amide bonds. The molecule has 2 heterocycles. The normalized spacial score (nSPS) is 20.1. The van der Waals surface area contributed by atoms with Crippen LogP contribution in [0.4, 0.5) is 11.6 Å². The molecule has 0 bridgehead atoms. The first kappa shape index (κ1) is 11.9. The summed E-state index contributed by atoms with van der Waals surface area (Å²) in [7, 11) is 0. The van der Waals surface area contributed by atoms with Gasteiger partial charge in [0.1, 0.15) is 18.0 Å². The molecular weight excluding hydrogens is 214 g/mol. The first-order valence-corrected chi connectivity index (χ1v) is 5.94. The first-order chi connectivity index (χ1) is 8.29. The quantitative estimate of drug-likeness (QED) is 0.756. The van der Waals surface area contributed by atoms with Gasteiger partial charge >= 0.3 is 0 Å². The number of hydrogen-bond acceptors (Lipinski definition) is 5. The average Bonchev–Trinajstić information content (AvgIpc) is 2.37. The van der Waals surface area contributed by atoms with Gasteiger partial charge in [-0.3, -0.25) is 0 Å². The number of piperazine rings is 1. The lowest BCUT2D eigenvalue weighted by Gasteiger charge is -2.32. The molecule has 17 heavy (non-hydrogen) atoms. The maximum atomic E-state index is 4.33. The summed E-state index contributed by atoms with van der Waals surface area (Å²) in [5, 5.41) is 6.59. The van der Waals surface area contributed by atoms with E-state index in [1.165, 1.54) is 0 Å². The van der Waals surface area contributed by atoms with Crippen molar-refractivity contribution >= 4 is 11.6 Å². The Bertz CT molecular complexity index is 379. The molecule has 0 saturated carbocycles. The fraction of sp³-hybridized carbons (Fsp3) is 0.500. The molecule has 1 aliphatic rings. The van der Waals surface area contributed by atoms with Crippen molar-refractivity contribution in [2.24, 2.45) is 0 Å². The zero-order chi connectivity index (χ0) is 12.1. The van der Waals surface area contributed by atoms with Crippen molar-refractivity contribution in [3.05, 3.63) is 25.0 Å². The molecule has 1 fully saturated rings. The first-order valence-electron chi connectivity index (χ1n) is 5.94. The van der Waals surface area contributed by atoms with E-state index in [4.69, 9.17) is 0 Å². The molecule has 0 aromatic carbocycles. The van der Waals surface area contributed by atoms with Crippen LogP contribution in [0.3, 0.4) is 0 Å². The Morgan fingerprint density at radius 3 is 3.29 bits per heavy atom. The summed E-state index contributed by atoms with van der Waals surface area (Å²) in [6.45, 7) is 9.55. The molecule has 5 nitrogen and oxygen atoms in total. The molecule has 1 unspecified atom stereocenters. The monoisotopic (exact) mass is 233 g/mol. The lowest BCUT2D eigenvalue weighted by Crippen LogP contribution is -2.49. The third-order valence-electron chi connectivity index (χ3n) is 2.77. The van der Waals surface area contributed by atoms with E-state index in [0.717, 1.165) is 31.3 Å². The second kappa shape index (κ2) is 5.63. The van der Waals surface area contributed by atoms with Crippen LogP contribution in [0.1, 0.15) is 6.92 Å². The molecule has 0 spiro atoms. The highest BCUT2D eigenvalue weighted by Crippen LogP contribution is 2.15. The van der Waals surface area contributed by atoms with E-state index in [2.05, 4.69) is 39.0 Å². The molecular formula is C12H19N5. The topological polar surface area (TPSA) is 53.1 Å². The van der Waals surface area contributed by atoms with E-state index >= 15 is 0 Å². The van der Waals surface area contributed by atoms with Crippen molar-refractivity contribution in [2.45, 2.75) is 13.0 Å². The van der Waals surface area contributed by atoms with Gasteiger partial charge in [-0.1, -0.05) is 6.08 Å². The van der Waals surface area contributed by atoms with Gasteiger partial charge in [0.05, 0.1) is 0 Å². The summed E-state index contributed by atoms with van der Waals surface area (Å²) in [5.74, 6) is 1.83. The van der Waals surface area contributed by atoms with Gasteiger partial charge < -0.3 is 15.5 Å². The summed E-state index contributed by atoms with van der Waals surface area (Å²) in [6, 6.07) is 2.49. The maximum Gasteiger partial charge on any atom is 0.134 e. The second-order valence-corrected chi connectivity index (χ2v) is 4.23. The third kappa shape index (κ3) is 3.17. The molecule has 1 aromatic heterocycles. The molecule has 2 rings (SSSR count). The number of rotatable bonds is 4. The Kier molecular flexibility index (Phi) is 3.93. The van der Waals surface area contributed by atoms with Crippen molar-refractivity contribution in [3.63, 3.8) is 0 Å². The minimum atomic E-state index is 0.503. The molecule has 1 atom stereocenters. The Labute approximate surface area is 102 Å². The van der Waals surface area contributed by atoms with Crippen LogP contribution in [0.2, 0.25) is 0 Å². The summed E-state index contributed by atoms with van der Waals surface area (Å²) >= 11 is 0. The van der Waals surface area contributed by atoms with Gasteiger partial charge in [-0.05, 0) is 6.92 Å². The van der Waals surface area contributed by atoms with Crippen molar-refractivity contribution in [1.82, 2.24) is 15.3 Å². The summed E-state index contributed by atoms with van der Waals surface area (Å²) in [6.07, 6.45) is 3.42. The number of hydrogen-bond donors (Lipinski definition) is 2. The molecule has 0 radical (unpaired) electrons. The van der Waals surface area contributed by atoms with Crippen LogP contribution >= 0.6 is 0 Å². The molecule has 92 valence electrons. The van der Waals surface area contributed by atoms with Crippen LogP contribution in [0, 0.1) is 0 Å². The predicted octanol–water partition coefficient (Wildman–Crippen LogP) is 0.873. The highest BCUT2D eigenvalue weighted by molar-refractivity contribution is 5.49. The van der Waals surface area contributed by atoms with Crippen LogP contribution in [-0.2, 0) is 0 Å². The highest BCUT2D eigenvalue weighted by Gasteiger charge is 2.16. The van der Waals surface area contributed by atoms with Crippen molar-refractivity contribution < 1.29 is 0 Å². The molecule has 1 aromatic rings. The Morgan fingerprint density at radius 1 is 1.65 bits per heavy atom. The van der Waals surface area contributed by atoms with E-state index in [1.807, 2.05) is 12.1 Å². The van der Waals surface area contributed by atoms with E-state index in [1.54, 1.807) is 6.33 Å². The summed E-state index contributed by atoms with van der Waals surface area (Å²) in [5.41, 5.74) is 0. The van der Waals surface area contributed by atoms with Crippen LogP contribution in [0.5, 0.6) is 0 Å². The summed E-state index contributed by atoms with van der Waals surface area (Å²) < 4.78 is 0. The largest absolute Gasteiger partial charge is 0.366 e. The van der Waals surface area contributed by atoms with Gasteiger partial charge in [0, 0.05) is 38.3 Å². The molecule has 5 heteroatoms. The number of nitrogens with zero attached hydrogens (tertiary/aromatic N) is 3. The van der Waals surface area contributed by atoms with E-state index in [-0.39, 0.29) is 0 Å². The molecule has 0 aliphatic carbocycles. The fourth-order valence-electron chi connectivity index (χ4n) is 1.93. The van der Waals surface area contributed by atoms with E-state index in [0.29, 0.717) is 12.6 Å². The predicted molar refractivity (Wildman–Crippen MR) is 70.4 cm³/mol. The Balaban J connectivity index is 2.06. The summed E-state index contributed by atoms with van der Waals surface area (Å²) in [4.78, 5) is 10.8.